The lowest BCUT2D eigenvalue weighted by Crippen LogP contribution is -1.97. The second-order valence-electron chi connectivity index (χ2n) is 6.05. The molecule has 5 aromatic rings. The summed E-state index contributed by atoms with van der Waals surface area (Å²) in [5.41, 5.74) is 5.13. The van der Waals surface area contributed by atoms with Gasteiger partial charge in [0.1, 0.15) is 6.07 Å². The number of imidazole rings is 2. The maximum Gasteiger partial charge on any atom is 0.178 e. The van der Waals surface area contributed by atoms with Gasteiger partial charge in [-0.05, 0) is 54.6 Å². The number of benzene rings is 1. The van der Waals surface area contributed by atoms with Crippen molar-refractivity contribution >= 4 is 34.0 Å². The van der Waals surface area contributed by atoms with E-state index >= 15 is 0 Å². The zero-order valence-corrected chi connectivity index (χ0v) is 14.7. The van der Waals surface area contributed by atoms with E-state index in [0.717, 1.165) is 32.3 Å². The van der Waals surface area contributed by atoms with Crippen LogP contribution in [0, 0.1) is 18.3 Å². The Bertz CT molecular complexity index is 1340. The summed E-state index contributed by atoms with van der Waals surface area (Å²) in [4.78, 5) is 9.26. The van der Waals surface area contributed by atoms with Gasteiger partial charge >= 0.3 is 0 Å². The minimum absolute atomic E-state index is 0.610. The summed E-state index contributed by atoms with van der Waals surface area (Å²) in [5.74, 6) is 0. The van der Waals surface area contributed by atoms with Gasteiger partial charge in [0, 0.05) is 6.20 Å². The fraction of sp³-hybridized carbons (Fsp3) is 0.0500. The van der Waals surface area contributed by atoms with E-state index in [9.17, 15) is 5.26 Å². The Kier molecular flexibility index (Phi) is 3.24. The molecule has 0 spiro atoms. The number of pyridine rings is 2. The summed E-state index contributed by atoms with van der Waals surface area (Å²) in [5, 5.41) is 11.5. The average molecular weight is 355 g/mol. The average Bonchev–Trinajstić information content (AvgIpc) is 3.24. The Morgan fingerprint density at radius 2 is 1.96 bits per heavy atom. The van der Waals surface area contributed by atoms with Gasteiger partial charge < -0.3 is 0 Å². The van der Waals surface area contributed by atoms with Gasteiger partial charge in [0.15, 0.2) is 10.8 Å². The highest BCUT2D eigenvalue weighted by Crippen LogP contribution is 2.33. The summed E-state index contributed by atoms with van der Waals surface area (Å²) >= 11 is 1.57. The Balaban J connectivity index is 1.81. The fourth-order valence-corrected chi connectivity index (χ4v) is 4.29. The van der Waals surface area contributed by atoms with E-state index in [1.165, 1.54) is 0 Å². The molecule has 5 nitrogen and oxygen atoms in total. The van der Waals surface area contributed by atoms with Crippen LogP contribution >= 0.6 is 11.8 Å². The van der Waals surface area contributed by atoms with Crippen molar-refractivity contribution < 1.29 is 0 Å². The molecule has 4 aromatic heterocycles. The standard InChI is InChI=1S/C20H13N5S/c1-13-10-18(26-20-22-12-14-6-4-5-9-24(14)20)25-17-8-3-2-7-16(17)23-19(25)15(13)11-21/h2-10,12H,1H3. The van der Waals surface area contributed by atoms with Crippen LogP contribution in [0.15, 0.2) is 71.1 Å². The summed E-state index contributed by atoms with van der Waals surface area (Å²) in [6, 6.07) is 18.3. The van der Waals surface area contributed by atoms with Crippen molar-refractivity contribution in [3.05, 3.63) is 72.1 Å². The topological polar surface area (TPSA) is 58.4 Å². The van der Waals surface area contributed by atoms with Crippen LogP contribution in [0.3, 0.4) is 0 Å². The SMILES string of the molecule is Cc1cc(Sc2ncc3ccccn23)n2c(nc3ccccc32)c1C#N. The lowest BCUT2D eigenvalue weighted by Gasteiger charge is -2.09. The Hall–Kier alpha value is -3.30. The predicted octanol–water partition coefficient (Wildman–Crippen LogP) is 4.47. The zero-order chi connectivity index (χ0) is 17.7. The van der Waals surface area contributed by atoms with Crippen LogP contribution in [0.1, 0.15) is 11.1 Å². The van der Waals surface area contributed by atoms with Crippen LogP contribution in [0.25, 0.3) is 22.2 Å². The number of nitriles is 1. The molecule has 0 bridgehead atoms. The minimum atomic E-state index is 0.610. The Morgan fingerprint density at radius 3 is 2.85 bits per heavy atom. The van der Waals surface area contributed by atoms with Crippen LogP contribution in [-0.2, 0) is 0 Å². The van der Waals surface area contributed by atoms with Gasteiger partial charge in [0.05, 0.1) is 33.3 Å². The van der Waals surface area contributed by atoms with Gasteiger partial charge in [0.25, 0.3) is 0 Å². The summed E-state index contributed by atoms with van der Waals surface area (Å²) in [6.07, 6.45) is 3.87. The molecular weight excluding hydrogens is 342 g/mol. The third-order valence-corrected chi connectivity index (χ3v) is 5.45. The predicted molar refractivity (Wildman–Crippen MR) is 101 cm³/mol. The lowest BCUT2D eigenvalue weighted by molar-refractivity contribution is 0.945. The number of para-hydroxylation sites is 2. The van der Waals surface area contributed by atoms with Crippen LogP contribution in [0.4, 0.5) is 0 Å². The molecule has 0 N–H and O–H groups in total. The number of hydrogen-bond acceptors (Lipinski definition) is 4. The molecule has 0 unspecified atom stereocenters. The fourth-order valence-electron chi connectivity index (χ4n) is 3.22. The molecule has 4 heterocycles. The largest absolute Gasteiger partial charge is 0.295 e. The molecule has 0 fully saturated rings. The van der Waals surface area contributed by atoms with Crippen molar-refractivity contribution in [2.24, 2.45) is 0 Å². The highest BCUT2D eigenvalue weighted by atomic mass is 32.2. The number of aryl methyl sites for hydroxylation is 1. The molecular formula is C20H13N5S. The molecule has 0 saturated heterocycles. The highest BCUT2D eigenvalue weighted by molar-refractivity contribution is 7.99. The third-order valence-electron chi connectivity index (χ3n) is 4.45. The van der Waals surface area contributed by atoms with Crippen molar-refractivity contribution in [3.63, 3.8) is 0 Å². The molecule has 124 valence electrons. The first kappa shape index (κ1) is 15.0. The Morgan fingerprint density at radius 1 is 1.12 bits per heavy atom. The number of rotatable bonds is 2. The number of hydrogen-bond donors (Lipinski definition) is 0. The number of nitrogens with zero attached hydrogens (tertiary/aromatic N) is 5. The summed E-state index contributed by atoms with van der Waals surface area (Å²) in [6.45, 7) is 1.95. The second kappa shape index (κ2) is 5.61. The molecule has 6 heteroatoms. The van der Waals surface area contributed by atoms with Gasteiger partial charge in [-0.15, -0.1) is 0 Å². The second-order valence-corrected chi connectivity index (χ2v) is 7.04. The monoisotopic (exact) mass is 355 g/mol. The van der Waals surface area contributed by atoms with E-state index in [0.29, 0.717) is 11.2 Å². The molecule has 0 amide bonds. The van der Waals surface area contributed by atoms with Crippen molar-refractivity contribution in [2.75, 3.05) is 0 Å². The molecule has 0 saturated carbocycles. The molecule has 26 heavy (non-hydrogen) atoms. The molecule has 0 atom stereocenters. The van der Waals surface area contributed by atoms with Gasteiger partial charge in [-0.25, -0.2) is 9.97 Å². The van der Waals surface area contributed by atoms with Gasteiger partial charge in [-0.2, -0.15) is 5.26 Å². The van der Waals surface area contributed by atoms with Gasteiger partial charge in [-0.3, -0.25) is 8.80 Å². The van der Waals surface area contributed by atoms with Gasteiger partial charge in [-0.1, -0.05) is 18.2 Å². The maximum absolute atomic E-state index is 9.60. The molecule has 1 aromatic carbocycles. The van der Waals surface area contributed by atoms with Crippen molar-refractivity contribution in [1.29, 1.82) is 5.26 Å². The zero-order valence-electron chi connectivity index (χ0n) is 13.9. The number of aromatic nitrogens is 4. The molecule has 0 aliphatic heterocycles. The number of fused-ring (bicyclic) bond motifs is 4. The lowest BCUT2D eigenvalue weighted by atomic mass is 10.2. The molecule has 5 rings (SSSR count). The Labute approximate surface area is 153 Å². The molecule has 0 aliphatic carbocycles. The van der Waals surface area contributed by atoms with Crippen molar-refractivity contribution in [3.8, 4) is 6.07 Å². The van der Waals surface area contributed by atoms with Crippen LogP contribution < -0.4 is 0 Å². The van der Waals surface area contributed by atoms with E-state index in [2.05, 4.69) is 19.9 Å². The van der Waals surface area contributed by atoms with Crippen LogP contribution in [-0.4, -0.2) is 18.8 Å². The van der Waals surface area contributed by atoms with Crippen molar-refractivity contribution in [1.82, 2.24) is 18.8 Å². The first-order chi connectivity index (χ1) is 12.8. The summed E-state index contributed by atoms with van der Waals surface area (Å²) < 4.78 is 4.11. The van der Waals surface area contributed by atoms with E-state index in [1.807, 2.05) is 67.8 Å². The van der Waals surface area contributed by atoms with Crippen LogP contribution in [0.2, 0.25) is 0 Å². The van der Waals surface area contributed by atoms with E-state index in [4.69, 9.17) is 4.98 Å². The van der Waals surface area contributed by atoms with Crippen LogP contribution in [0.5, 0.6) is 0 Å². The highest BCUT2D eigenvalue weighted by Gasteiger charge is 2.17. The van der Waals surface area contributed by atoms with E-state index in [1.54, 1.807) is 11.8 Å². The van der Waals surface area contributed by atoms with E-state index < -0.39 is 0 Å². The smallest absolute Gasteiger partial charge is 0.178 e. The normalized spacial score (nSPS) is 11.4. The maximum atomic E-state index is 9.60. The molecule has 0 radical (unpaired) electrons. The summed E-state index contributed by atoms with van der Waals surface area (Å²) in [7, 11) is 0. The van der Waals surface area contributed by atoms with E-state index in [-0.39, 0.29) is 0 Å². The first-order valence-electron chi connectivity index (χ1n) is 8.17. The molecule has 0 aliphatic rings. The minimum Gasteiger partial charge on any atom is -0.295 e. The first-order valence-corrected chi connectivity index (χ1v) is 8.99. The van der Waals surface area contributed by atoms with Crippen molar-refractivity contribution in [2.45, 2.75) is 17.1 Å². The van der Waals surface area contributed by atoms with Gasteiger partial charge in [0.2, 0.25) is 0 Å². The quantitative estimate of drug-likeness (QED) is 0.469. The third kappa shape index (κ3) is 2.11.